The molecule has 1 unspecified atom stereocenters. The van der Waals surface area contributed by atoms with Crippen molar-refractivity contribution >= 4 is 17.9 Å². The van der Waals surface area contributed by atoms with Gasteiger partial charge in [0.2, 0.25) is 0 Å². The number of carbonyl (C=O) groups is 2. The lowest BCUT2D eigenvalue weighted by atomic mass is 10.1. The number of alkyl carbamates (subject to hydrolysis) is 1. The number of halogens is 2. The van der Waals surface area contributed by atoms with Gasteiger partial charge in [-0.25, -0.2) is 18.4 Å². The Hall–Kier alpha value is -2.71. The molecule has 144 valence electrons. The first-order valence-corrected chi connectivity index (χ1v) is 7.98. The third-order valence-electron chi connectivity index (χ3n) is 3.03. The normalized spacial score (nSPS) is 13.1. The molecule has 1 aromatic rings. The number of nitrogens with one attached hydrogen (secondary N) is 1. The van der Waals surface area contributed by atoms with Gasteiger partial charge in [0, 0.05) is 18.9 Å². The number of amidine groups is 1. The van der Waals surface area contributed by atoms with Gasteiger partial charge in [-0.3, -0.25) is 0 Å². The molecule has 0 radical (unpaired) electrons. The standard InChI is InChI=1S/C17H23F2N3O4/c1-5-14(20)22-26-15(23)13(21-16(24)25-17(2,3)4)8-10-6-7-11(18)9-12(10)19/h6-7,9,13H,5,8H2,1-4H3,(H2,20,22)(H,21,24). The Labute approximate surface area is 150 Å². The molecule has 3 N–H and O–H groups in total. The Bertz CT molecular complexity index is 687. The highest BCUT2D eigenvalue weighted by atomic mass is 19.1. The topological polar surface area (TPSA) is 103 Å². The van der Waals surface area contributed by atoms with Gasteiger partial charge in [0.15, 0.2) is 0 Å². The minimum atomic E-state index is -1.31. The number of nitrogens with two attached hydrogens (primary N) is 1. The molecule has 0 saturated carbocycles. The molecule has 0 saturated heterocycles. The maximum Gasteiger partial charge on any atom is 0.408 e. The van der Waals surface area contributed by atoms with Crippen LogP contribution in [-0.2, 0) is 20.8 Å². The monoisotopic (exact) mass is 371 g/mol. The summed E-state index contributed by atoms with van der Waals surface area (Å²) in [5.41, 5.74) is 4.67. The summed E-state index contributed by atoms with van der Waals surface area (Å²) in [7, 11) is 0. The average molecular weight is 371 g/mol. The van der Waals surface area contributed by atoms with Crippen LogP contribution in [0.25, 0.3) is 0 Å². The van der Waals surface area contributed by atoms with E-state index in [-0.39, 0.29) is 17.8 Å². The van der Waals surface area contributed by atoms with Crippen LogP contribution in [-0.4, -0.2) is 29.5 Å². The number of ether oxygens (including phenoxy) is 1. The Morgan fingerprint density at radius 3 is 2.50 bits per heavy atom. The molecule has 1 atom stereocenters. The second-order valence-corrected chi connectivity index (χ2v) is 6.49. The Morgan fingerprint density at radius 1 is 1.31 bits per heavy atom. The van der Waals surface area contributed by atoms with Crippen LogP contribution in [0.15, 0.2) is 23.4 Å². The van der Waals surface area contributed by atoms with Crippen LogP contribution in [0.1, 0.15) is 39.7 Å². The summed E-state index contributed by atoms with van der Waals surface area (Å²) in [6.07, 6.45) is -0.829. The fraction of sp³-hybridized carbons (Fsp3) is 0.471. The number of hydrogen-bond acceptors (Lipinski definition) is 5. The van der Waals surface area contributed by atoms with Crippen molar-refractivity contribution in [1.29, 1.82) is 0 Å². The van der Waals surface area contributed by atoms with Crippen LogP contribution in [0, 0.1) is 11.6 Å². The molecule has 26 heavy (non-hydrogen) atoms. The maximum absolute atomic E-state index is 13.9. The van der Waals surface area contributed by atoms with Crippen LogP contribution >= 0.6 is 0 Å². The van der Waals surface area contributed by atoms with Gasteiger partial charge in [-0.1, -0.05) is 18.1 Å². The van der Waals surface area contributed by atoms with E-state index in [9.17, 15) is 18.4 Å². The van der Waals surface area contributed by atoms with E-state index in [4.69, 9.17) is 10.5 Å². The molecule has 7 nitrogen and oxygen atoms in total. The van der Waals surface area contributed by atoms with Crippen LogP contribution in [0.4, 0.5) is 13.6 Å². The molecule has 0 fully saturated rings. The number of rotatable bonds is 6. The summed E-state index contributed by atoms with van der Waals surface area (Å²) in [5.74, 6) is -2.51. The van der Waals surface area contributed by atoms with Gasteiger partial charge in [-0.15, -0.1) is 0 Å². The van der Waals surface area contributed by atoms with Crippen LogP contribution in [0.3, 0.4) is 0 Å². The highest BCUT2D eigenvalue weighted by Gasteiger charge is 2.27. The molecule has 1 amide bonds. The minimum absolute atomic E-state index is 0.0110. The predicted molar refractivity (Wildman–Crippen MR) is 91.2 cm³/mol. The van der Waals surface area contributed by atoms with E-state index in [0.29, 0.717) is 12.5 Å². The molecule has 0 aliphatic rings. The van der Waals surface area contributed by atoms with Crippen molar-refractivity contribution in [2.75, 3.05) is 0 Å². The zero-order chi connectivity index (χ0) is 19.9. The van der Waals surface area contributed by atoms with Crippen molar-refractivity contribution in [2.24, 2.45) is 10.9 Å². The first-order chi connectivity index (χ1) is 12.0. The van der Waals surface area contributed by atoms with Crippen LogP contribution < -0.4 is 11.1 Å². The molecule has 0 bridgehead atoms. The third kappa shape index (κ3) is 7.45. The van der Waals surface area contributed by atoms with E-state index in [1.54, 1.807) is 27.7 Å². The zero-order valence-electron chi connectivity index (χ0n) is 15.1. The quantitative estimate of drug-likeness (QED) is 0.346. The second-order valence-electron chi connectivity index (χ2n) is 6.49. The van der Waals surface area contributed by atoms with E-state index in [0.717, 1.165) is 6.07 Å². The van der Waals surface area contributed by atoms with Gasteiger partial charge in [0.05, 0.1) is 0 Å². The molecule has 0 aliphatic carbocycles. The van der Waals surface area contributed by atoms with Gasteiger partial charge in [-0.05, 0) is 32.4 Å². The number of oxime groups is 1. The largest absolute Gasteiger partial charge is 0.444 e. The first-order valence-electron chi connectivity index (χ1n) is 7.98. The van der Waals surface area contributed by atoms with Gasteiger partial charge in [0.1, 0.15) is 29.1 Å². The zero-order valence-corrected chi connectivity index (χ0v) is 15.1. The molecular weight excluding hydrogens is 348 g/mol. The highest BCUT2D eigenvalue weighted by molar-refractivity contribution is 5.84. The molecule has 0 aliphatic heterocycles. The first kappa shape index (κ1) is 21.3. The van der Waals surface area contributed by atoms with E-state index in [1.807, 2.05) is 0 Å². The maximum atomic E-state index is 13.9. The fourth-order valence-corrected chi connectivity index (χ4v) is 1.78. The van der Waals surface area contributed by atoms with Gasteiger partial charge in [-0.2, -0.15) is 0 Å². The lowest BCUT2D eigenvalue weighted by Gasteiger charge is -2.22. The molecule has 0 spiro atoms. The molecule has 1 aromatic carbocycles. The molecule has 9 heteroatoms. The lowest BCUT2D eigenvalue weighted by molar-refractivity contribution is -0.146. The predicted octanol–water partition coefficient (Wildman–Crippen LogP) is 2.63. The minimum Gasteiger partial charge on any atom is -0.444 e. The van der Waals surface area contributed by atoms with Crippen molar-refractivity contribution in [3.8, 4) is 0 Å². The van der Waals surface area contributed by atoms with Crippen molar-refractivity contribution in [2.45, 2.75) is 52.2 Å². The molecule has 0 heterocycles. The molecular formula is C17H23F2N3O4. The summed E-state index contributed by atoms with van der Waals surface area (Å²) in [6.45, 7) is 6.64. The second kappa shape index (κ2) is 9.12. The van der Waals surface area contributed by atoms with Crippen molar-refractivity contribution in [1.82, 2.24) is 5.32 Å². The highest BCUT2D eigenvalue weighted by Crippen LogP contribution is 2.14. The number of nitrogens with zero attached hydrogens (tertiary/aromatic N) is 1. The summed E-state index contributed by atoms with van der Waals surface area (Å²) < 4.78 is 32.0. The fourth-order valence-electron chi connectivity index (χ4n) is 1.78. The Morgan fingerprint density at radius 2 is 1.96 bits per heavy atom. The Balaban J connectivity index is 2.96. The van der Waals surface area contributed by atoms with Gasteiger partial charge in [0.25, 0.3) is 0 Å². The van der Waals surface area contributed by atoms with E-state index >= 15 is 0 Å². The summed E-state index contributed by atoms with van der Waals surface area (Å²) in [4.78, 5) is 28.8. The van der Waals surface area contributed by atoms with Gasteiger partial charge >= 0.3 is 12.1 Å². The van der Waals surface area contributed by atoms with E-state index in [1.165, 1.54) is 6.07 Å². The van der Waals surface area contributed by atoms with Crippen LogP contribution in [0.5, 0.6) is 0 Å². The average Bonchev–Trinajstić information content (AvgIpc) is 2.52. The van der Waals surface area contributed by atoms with E-state index < -0.39 is 35.3 Å². The van der Waals surface area contributed by atoms with Crippen molar-refractivity contribution in [3.05, 3.63) is 35.4 Å². The van der Waals surface area contributed by atoms with Crippen molar-refractivity contribution < 1.29 is 27.9 Å². The number of benzene rings is 1. The lowest BCUT2D eigenvalue weighted by Crippen LogP contribution is -2.45. The smallest absolute Gasteiger partial charge is 0.408 e. The SMILES string of the molecule is CC/C(N)=N/OC(=O)C(Cc1ccc(F)cc1F)NC(=O)OC(C)(C)C. The number of carbonyl (C=O) groups excluding carboxylic acids is 2. The number of amides is 1. The summed E-state index contributed by atoms with van der Waals surface area (Å²) >= 11 is 0. The van der Waals surface area contributed by atoms with E-state index in [2.05, 4.69) is 15.3 Å². The van der Waals surface area contributed by atoms with Gasteiger partial charge < -0.3 is 20.6 Å². The van der Waals surface area contributed by atoms with Crippen LogP contribution in [0.2, 0.25) is 0 Å². The number of hydrogen-bond donors (Lipinski definition) is 2. The molecule has 0 aromatic heterocycles. The summed E-state index contributed by atoms with van der Waals surface area (Å²) in [6, 6.07) is 1.59. The van der Waals surface area contributed by atoms with Crippen molar-refractivity contribution in [3.63, 3.8) is 0 Å². The molecule has 1 rings (SSSR count). The Kier molecular flexibility index (Phi) is 7.48. The summed E-state index contributed by atoms with van der Waals surface area (Å²) in [5, 5.41) is 5.72. The third-order valence-corrected chi connectivity index (χ3v) is 3.03.